The lowest BCUT2D eigenvalue weighted by molar-refractivity contribution is -0.138. The van der Waals surface area contributed by atoms with Crippen molar-refractivity contribution >= 4 is 11.8 Å². The van der Waals surface area contributed by atoms with E-state index in [0.717, 1.165) is 32.5 Å². The summed E-state index contributed by atoms with van der Waals surface area (Å²) in [5.74, 6) is -0.170. The average Bonchev–Trinajstić information content (AvgIpc) is 2.52. The summed E-state index contributed by atoms with van der Waals surface area (Å²) in [7, 11) is 1.59. The monoisotopic (exact) mass is 225 g/mol. The number of nitrogens with two attached hydrogens (primary N) is 1. The number of carbonyl (C=O) groups excluding carboxylic acids is 2. The molecule has 2 aliphatic rings. The van der Waals surface area contributed by atoms with Gasteiger partial charge in [0.15, 0.2) is 0 Å². The summed E-state index contributed by atoms with van der Waals surface area (Å²) in [4.78, 5) is 27.1. The number of piperidine rings is 1. The van der Waals surface area contributed by atoms with E-state index in [2.05, 4.69) is 4.90 Å². The highest BCUT2D eigenvalue weighted by atomic mass is 16.2. The van der Waals surface area contributed by atoms with E-state index in [1.165, 1.54) is 4.90 Å². The van der Waals surface area contributed by atoms with Gasteiger partial charge < -0.3 is 10.6 Å². The third-order valence-electron chi connectivity index (χ3n) is 3.67. The predicted octanol–water partition coefficient (Wildman–Crippen LogP) is -0.728. The molecule has 0 bridgehead atoms. The van der Waals surface area contributed by atoms with Crippen molar-refractivity contribution in [2.24, 2.45) is 17.6 Å². The molecule has 2 amide bonds. The van der Waals surface area contributed by atoms with Crippen molar-refractivity contribution in [3.63, 3.8) is 0 Å². The number of fused-ring (bicyclic) bond motifs is 1. The molecular formula is C11H19N3O2. The Morgan fingerprint density at radius 2 is 2.00 bits per heavy atom. The van der Waals surface area contributed by atoms with Gasteiger partial charge in [-0.3, -0.25) is 14.5 Å². The highest BCUT2D eigenvalue weighted by Crippen LogP contribution is 2.32. The van der Waals surface area contributed by atoms with Gasteiger partial charge in [0.05, 0.1) is 11.8 Å². The van der Waals surface area contributed by atoms with Crippen LogP contribution in [0.2, 0.25) is 0 Å². The Morgan fingerprint density at radius 1 is 1.31 bits per heavy atom. The first-order valence-electron chi connectivity index (χ1n) is 5.89. The van der Waals surface area contributed by atoms with Gasteiger partial charge in [-0.1, -0.05) is 0 Å². The molecule has 0 unspecified atom stereocenters. The summed E-state index contributed by atoms with van der Waals surface area (Å²) in [5, 5.41) is 0. The second-order valence-electron chi connectivity index (χ2n) is 4.68. The molecule has 2 rings (SSSR count). The van der Waals surface area contributed by atoms with Crippen molar-refractivity contribution in [2.45, 2.75) is 12.8 Å². The molecule has 5 heteroatoms. The SMILES string of the molecule is CN1C(=O)[C@H]2CCN(CCCN)C[C@H]2C1=O. The summed E-state index contributed by atoms with van der Waals surface area (Å²) < 4.78 is 0. The van der Waals surface area contributed by atoms with Crippen molar-refractivity contribution in [3.8, 4) is 0 Å². The second-order valence-corrected chi connectivity index (χ2v) is 4.68. The van der Waals surface area contributed by atoms with E-state index < -0.39 is 0 Å². The summed E-state index contributed by atoms with van der Waals surface area (Å²) >= 11 is 0. The predicted molar refractivity (Wildman–Crippen MR) is 59.5 cm³/mol. The van der Waals surface area contributed by atoms with Crippen molar-refractivity contribution in [3.05, 3.63) is 0 Å². The molecule has 2 atom stereocenters. The van der Waals surface area contributed by atoms with Crippen molar-refractivity contribution in [1.29, 1.82) is 0 Å². The fraction of sp³-hybridized carbons (Fsp3) is 0.818. The molecule has 0 saturated carbocycles. The average molecular weight is 225 g/mol. The lowest BCUT2D eigenvalue weighted by atomic mass is 9.88. The van der Waals surface area contributed by atoms with E-state index in [-0.39, 0.29) is 23.7 Å². The van der Waals surface area contributed by atoms with Crippen LogP contribution in [0.15, 0.2) is 0 Å². The van der Waals surface area contributed by atoms with E-state index in [1.807, 2.05) is 0 Å². The van der Waals surface area contributed by atoms with Crippen LogP contribution in [-0.2, 0) is 9.59 Å². The molecule has 0 spiro atoms. The fourth-order valence-electron chi connectivity index (χ4n) is 2.69. The number of likely N-dealkylation sites (tertiary alicyclic amines) is 2. The van der Waals surface area contributed by atoms with Crippen molar-refractivity contribution in [2.75, 3.05) is 33.2 Å². The van der Waals surface area contributed by atoms with Crippen LogP contribution in [0.1, 0.15) is 12.8 Å². The maximum Gasteiger partial charge on any atom is 0.234 e. The summed E-state index contributed by atoms with van der Waals surface area (Å²) in [6.07, 6.45) is 1.76. The van der Waals surface area contributed by atoms with Crippen LogP contribution in [0.25, 0.3) is 0 Å². The minimum Gasteiger partial charge on any atom is -0.330 e. The van der Waals surface area contributed by atoms with Crippen LogP contribution >= 0.6 is 0 Å². The first kappa shape index (κ1) is 11.5. The van der Waals surface area contributed by atoms with E-state index in [9.17, 15) is 9.59 Å². The van der Waals surface area contributed by atoms with Crippen molar-refractivity contribution in [1.82, 2.24) is 9.80 Å². The van der Waals surface area contributed by atoms with Gasteiger partial charge in [0.25, 0.3) is 0 Å². The summed E-state index contributed by atoms with van der Waals surface area (Å²) in [6, 6.07) is 0. The molecule has 2 N–H and O–H groups in total. The van der Waals surface area contributed by atoms with Gasteiger partial charge in [-0.05, 0) is 32.5 Å². The normalized spacial score (nSPS) is 31.0. The number of hydrogen-bond acceptors (Lipinski definition) is 4. The number of nitrogens with zero attached hydrogens (tertiary/aromatic N) is 2. The fourth-order valence-corrected chi connectivity index (χ4v) is 2.69. The van der Waals surface area contributed by atoms with Gasteiger partial charge in [0.1, 0.15) is 0 Å². The largest absolute Gasteiger partial charge is 0.330 e. The van der Waals surface area contributed by atoms with Gasteiger partial charge in [0, 0.05) is 13.6 Å². The summed E-state index contributed by atoms with van der Waals surface area (Å²) in [6.45, 7) is 3.25. The molecule has 90 valence electrons. The molecule has 5 nitrogen and oxygen atoms in total. The molecular weight excluding hydrogens is 206 g/mol. The number of carbonyl (C=O) groups is 2. The van der Waals surface area contributed by atoms with Crippen LogP contribution in [0, 0.1) is 11.8 Å². The van der Waals surface area contributed by atoms with Crippen LogP contribution in [0.3, 0.4) is 0 Å². The van der Waals surface area contributed by atoms with Gasteiger partial charge in [0.2, 0.25) is 11.8 Å². The van der Waals surface area contributed by atoms with Gasteiger partial charge >= 0.3 is 0 Å². The molecule has 2 heterocycles. The molecule has 2 aliphatic heterocycles. The first-order valence-corrected chi connectivity index (χ1v) is 5.89. The van der Waals surface area contributed by atoms with E-state index in [4.69, 9.17) is 5.73 Å². The minimum absolute atomic E-state index is 0.00699. The molecule has 0 radical (unpaired) electrons. The van der Waals surface area contributed by atoms with Crippen molar-refractivity contribution < 1.29 is 9.59 Å². The van der Waals surface area contributed by atoms with Crippen LogP contribution < -0.4 is 5.73 Å². The number of imide groups is 1. The van der Waals surface area contributed by atoms with E-state index in [0.29, 0.717) is 6.54 Å². The molecule has 0 aliphatic carbocycles. The second kappa shape index (κ2) is 4.51. The molecule has 0 aromatic heterocycles. The lowest BCUT2D eigenvalue weighted by Gasteiger charge is -2.32. The van der Waals surface area contributed by atoms with E-state index in [1.54, 1.807) is 7.05 Å². The number of hydrogen-bond donors (Lipinski definition) is 1. The quantitative estimate of drug-likeness (QED) is 0.643. The minimum atomic E-state index is -0.107. The Hall–Kier alpha value is -0.940. The number of amides is 2. The Morgan fingerprint density at radius 3 is 2.69 bits per heavy atom. The molecule has 2 fully saturated rings. The standard InChI is InChI=1S/C11H19N3O2/c1-13-10(15)8-3-6-14(5-2-4-12)7-9(8)11(13)16/h8-9H,2-7,12H2,1H3/t8-,9+/m0/s1. The van der Waals surface area contributed by atoms with Gasteiger partial charge in [-0.2, -0.15) is 0 Å². The summed E-state index contributed by atoms with van der Waals surface area (Å²) in [5.41, 5.74) is 5.47. The maximum atomic E-state index is 11.8. The zero-order valence-electron chi connectivity index (χ0n) is 9.69. The Labute approximate surface area is 95.6 Å². The highest BCUT2D eigenvalue weighted by molar-refractivity contribution is 6.05. The Balaban J connectivity index is 1.99. The van der Waals surface area contributed by atoms with Crippen LogP contribution in [0.4, 0.5) is 0 Å². The van der Waals surface area contributed by atoms with Gasteiger partial charge in [-0.15, -0.1) is 0 Å². The lowest BCUT2D eigenvalue weighted by Crippen LogP contribution is -2.42. The molecule has 2 saturated heterocycles. The van der Waals surface area contributed by atoms with Crippen LogP contribution in [0.5, 0.6) is 0 Å². The Bertz CT molecular complexity index is 306. The molecule has 0 aromatic rings. The van der Waals surface area contributed by atoms with Crippen LogP contribution in [-0.4, -0.2) is 54.8 Å². The first-order chi connectivity index (χ1) is 7.65. The Kier molecular flexibility index (Phi) is 3.25. The maximum absolute atomic E-state index is 11.8. The molecule has 0 aromatic carbocycles. The third-order valence-corrected chi connectivity index (χ3v) is 3.67. The third kappa shape index (κ3) is 1.85. The van der Waals surface area contributed by atoms with Gasteiger partial charge in [-0.25, -0.2) is 0 Å². The smallest absolute Gasteiger partial charge is 0.234 e. The number of rotatable bonds is 3. The zero-order chi connectivity index (χ0) is 11.7. The zero-order valence-corrected chi connectivity index (χ0v) is 9.69. The topological polar surface area (TPSA) is 66.6 Å². The van der Waals surface area contributed by atoms with E-state index >= 15 is 0 Å². The molecule has 16 heavy (non-hydrogen) atoms. The highest BCUT2D eigenvalue weighted by Gasteiger charge is 2.47.